The molecule has 23 heavy (non-hydrogen) atoms. The van der Waals surface area contributed by atoms with Gasteiger partial charge in [0, 0.05) is 37.5 Å². The molecule has 0 spiro atoms. The predicted molar refractivity (Wildman–Crippen MR) is 98.5 cm³/mol. The maximum atomic E-state index is 11.5. The fourth-order valence-electron chi connectivity index (χ4n) is 3.04. The highest BCUT2D eigenvalue weighted by Crippen LogP contribution is 2.30. The summed E-state index contributed by atoms with van der Waals surface area (Å²) in [6, 6.07) is 8.75. The molecule has 1 fully saturated rings. The van der Waals surface area contributed by atoms with Gasteiger partial charge < -0.3 is 0 Å². The third-order valence-corrected chi connectivity index (χ3v) is 4.47. The van der Waals surface area contributed by atoms with Gasteiger partial charge in [-0.1, -0.05) is 60.2 Å². The molecular weight excluding hydrogens is 306 g/mol. The van der Waals surface area contributed by atoms with E-state index in [0.29, 0.717) is 18.6 Å². The number of Topliss-reactive ketones (excluding diaryl/α,β-unsaturated/α-hetero) is 1. The van der Waals surface area contributed by atoms with Gasteiger partial charge in [0.25, 0.3) is 0 Å². The Morgan fingerprint density at radius 1 is 1.26 bits per heavy atom. The molecule has 0 radical (unpaired) electrons. The Bertz CT molecular complexity index is 620. The number of hydrogen-bond acceptors (Lipinski definition) is 2. The molecule has 2 rings (SSSR count). The Morgan fingerprint density at radius 3 is 2.61 bits per heavy atom. The van der Waals surface area contributed by atoms with Crippen LogP contribution in [-0.2, 0) is 4.79 Å². The number of hydrogen-bond donors (Lipinski definition) is 0. The van der Waals surface area contributed by atoms with E-state index in [9.17, 15) is 4.79 Å². The Labute approximate surface area is 144 Å². The number of piperidine rings is 1. The van der Waals surface area contributed by atoms with Gasteiger partial charge >= 0.3 is 0 Å². The lowest BCUT2D eigenvalue weighted by molar-refractivity contribution is -0.121. The van der Waals surface area contributed by atoms with Crippen LogP contribution < -0.4 is 0 Å². The molecule has 0 saturated carbocycles. The van der Waals surface area contributed by atoms with E-state index in [1.54, 1.807) is 0 Å². The van der Waals surface area contributed by atoms with Crippen molar-refractivity contribution in [3.8, 4) is 0 Å². The van der Waals surface area contributed by atoms with Crippen LogP contribution in [0.4, 0.5) is 0 Å². The van der Waals surface area contributed by atoms with E-state index >= 15 is 0 Å². The minimum atomic E-state index is 0.285. The first-order valence-electron chi connectivity index (χ1n) is 8.12. The molecule has 0 aromatic heterocycles. The Balaban J connectivity index is 2.34. The van der Waals surface area contributed by atoms with E-state index in [2.05, 4.69) is 42.2 Å². The minimum Gasteiger partial charge on any atom is -0.300 e. The zero-order valence-electron chi connectivity index (χ0n) is 13.8. The van der Waals surface area contributed by atoms with Crippen LogP contribution in [0, 0.1) is 0 Å². The molecule has 3 heteroatoms. The summed E-state index contributed by atoms with van der Waals surface area (Å²) in [4.78, 5) is 13.9. The normalized spacial score (nSPS) is 18.9. The molecular formula is C20H24ClNO. The van der Waals surface area contributed by atoms with Gasteiger partial charge in [-0.25, -0.2) is 0 Å². The third kappa shape index (κ3) is 4.66. The van der Waals surface area contributed by atoms with Crippen molar-refractivity contribution in [3.63, 3.8) is 0 Å². The van der Waals surface area contributed by atoms with Gasteiger partial charge in [-0.15, -0.1) is 0 Å². The van der Waals surface area contributed by atoms with Gasteiger partial charge in [-0.05, 0) is 30.5 Å². The number of carbonyl (C=O) groups excluding carboxylic acids is 1. The van der Waals surface area contributed by atoms with Crippen molar-refractivity contribution in [1.82, 2.24) is 4.90 Å². The zero-order valence-corrected chi connectivity index (χ0v) is 14.6. The van der Waals surface area contributed by atoms with E-state index in [-0.39, 0.29) is 6.04 Å². The summed E-state index contributed by atoms with van der Waals surface area (Å²) in [5.41, 5.74) is 5.16. The van der Waals surface area contributed by atoms with Crippen molar-refractivity contribution in [2.75, 3.05) is 13.1 Å². The lowest BCUT2D eigenvalue weighted by atomic mass is 9.93. The number of halogens is 1. The van der Waals surface area contributed by atoms with Crippen molar-refractivity contribution in [1.29, 1.82) is 0 Å². The first kappa shape index (κ1) is 17.7. The van der Waals surface area contributed by atoms with Crippen LogP contribution in [0.15, 0.2) is 54.1 Å². The van der Waals surface area contributed by atoms with Gasteiger partial charge in [-0.2, -0.15) is 0 Å². The average Bonchev–Trinajstić information content (AvgIpc) is 2.59. The molecule has 1 aliphatic heterocycles. The zero-order chi connectivity index (χ0) is 16.7. The van der Waals surface area contributed by atoms with Gasteiger partial charge in [0.1, 0.15) is 5.78 Å². The second-order valence-corrected chi connectivity index (χ2v) is 6.03. The Kier molecular flexibility index (Phi) is 6.82. The van der Waals surface area contributed by atoms with E-state index in [1.807, 2.05) is 25.2 Å². The van der Waals surface area contributed by atoms with E-state index in [1.165, 1.54) is 16.7 Å². The van der Waals surface area contributed by atoms with E-state index in [0.717, 1.165) is 18.7 Å². The molecule has 0 amide bonds. The minimum absolute atomic E-state index is 0.285. The predicted octanol–water partition coefficient (Wildman–Crippen LogP) is 5.12. The van der Waals surface area contributed by atoms with Gasteiger partial charge in [-0.3, -0.25) is 9.69 Å². The second-order valence-electron chi connectivity index (χ2n) is 5.78. The SMILES string of the molecule is C\C=C/C(=C\C=C\Cl)c1ccccc1C(C)N1CCC(=O)CC1. The van der Waals surface area contributed by atoms with Crippen LogP contribution in [-0.4, -0.2) is 23.8 Å². The Hall–Kier alpha value is -1.64. The first-order valence-corrected chi connectivity index (χ1v) is 8.55. The highest BCUT2D eigenvalue weighted by molar-refractivity contribution is 6.25. The topological polar surface area (TPSA) is 20.3 Å². The number of likely N-dealkylation sites (tertiary alicyclic amines) is 1. The van der Waals surface area contributed by atoms with Crippen LogP contribution in [0.2, 0.25) is 0 Å². The van der Waals surface area contributed by atoms with Crippen molar-refractivity contribution in [2.45, 2.75) is 32.7 Å². The molecule has 0 N–H and O–H groups in total. The van der Waals surface area contributed by atoms with Crippen molar-refractivity contribution in [2.24, 2.45) is 0 Å². The van der Waals surface area contributed by atoms with Crippen molar-refractivity contribution in [3.05, 3.63) is 65.2 Å². The third-order valence-electron chi connectivity index (χ3n) is 4.32. The molecule has 1 aromatic carbocycles. The summed E-state index contributed by atoms with van der Waals surface area (Å²) in [5.74, 6) is 0.378. The van der Waals surface area contributed by atoms with Crippen LogP contribution in [0.1, 0.15) is 43.9 Å². The number of rotatable bonds is 5. The number of ketones is 1. The lowest BCUT2D eigenvalue weighted by Crippen LogP contribution is -2.36. The van der Waals surface area contributed by atoms with Crippen LogP contribution in [0.25, 0.3) is 5.57 Å². The summed E-state index contributed by atoms with van der Waals surface area (Å²) < 4.78 is 0. The van der Waals surface area contributed by atoms with Crippen molar-refractivity contribution >= 4 is 23.0 Å². The standard InChI is InChI=1S/C20H24ClNO/c1-3-7-17(8-6-13-21)20-10-5-4-9-19(20)16(2)22-14-11-18(23)12-15-22/h3-10,13,16H,11-12,14-15H2,1-2H3/b7-3-,13-6+,17-8+. The summed E-state index contributed by atoms with van der Waals surface area (Å²) >= 11 is 5.68. The fourth-order valence-corrected chi connectivity index (χ4v) is 3.11. The monoisotopic (exact) mass is 329 g/mol. The summed E-state index contributed by atoms with van der Waals surface area (Å²) in [6.45, 7) is 5.93. The molecule has 0 bridgehead atoms. The molecule has 1 unspecified atom stereocenters. The molecule has 1 heterocycles. The smallest absolute Gasteiger partial charge is 0.135 e. The number of nitrogens with zero attached hydrogens (tertiary/aromatic N) is 1. The number of carbonyl (C=O) groups is 1. The quantitative estimate of drug-likeness (QED) is 0.698. The molecule has 1 aromatic rings. The molecule has 2 nitrogen and oxygen atoms in total. The van der Waals surface area contributed by atoms with Gasteiger partial charge in [0.15, 0.2) is 0 Å². The maximum Gasteiger partial charge on any atom is 0.135 e. The summed E-state index contributed by atoms with van der Waals surface area (Å²) in [7, 11) is 0. The lowest BCUT2D eigenvalue weighted by Gasteiger charge is -2.33. The highest BCUT2D eigenvalue weighted by Gasteiger charge is 2.23. The van der Waals surface area contributed by atoms with Crippen LogP contribution in [0.5, 0.6) is 0 Å². The van der Waals surface area contributed by atoms with Crippen molar-refractivity contribution < 1.29 is 4.79 Å². The Morgan fingerprint density at radius 2 is 1.96 bits per heavy atom. The molecule has 1 saturated heterocycles. The second kappa shape index (κ2) is 8.85. The largest absolute Gasteiger partial charge is 0.300 e. The highest BCUT2D eigenvalue weighted by atomic mass is 35.5. The average molecular weight is 330 g/mol. The van der Waals surface area contributed by atoms with Gasteiger partial charge in [0.05, 0.1) is 0 Å². The first-order chi connectivity index (χ1) is 11.2. The maximum absolute atomic E-state index is 11.5. The van der Waals surface area contributed by atoms with E-state index < -0.39 is 0 Å². The molecule has 1 atom stereocenters. The fraction of sp³-hybridized carbons (Fsp3) is 0.350. The number of benzene rings is 1. The van der Waals surface area contributed by atoms with E-state index in [4.69, 9.17) is 11.6 Å². The molecule has 0 aliphatic carbocycles. The summed E-state index contributed by atoms with van der Waals surface area (Å²) in [6.07, 6.45) is 9.34. The summed E-state index contributed by atoms with van der Waals surface area (Å²) in [5, 5.41) is 0. The van der Waals surface area contributed by atoms with Crippen LogP contribution >= 0.6 is 11.6 Å². The molecule has 122 valence electrons. The number of allylic oxidation sites excluding steroid dienone is 5. The van der Waals surface area contributed by atoms with Crippen LogP contribution in [0.3, 0.4) is 0 Å². The molecule has 1 aliphatic rings. The van der Waals surface area contributed by atoms with Gasteiger partial charge in [0.2, 0.25) is 0 Å².